The molecule has 3 aromatic rings. The Labute approximate surface area is 126 Å². The third-order valence-corrected chi connectivity index (χ3v) is 3.09. The van der Waals surface area contributed by atoms with Crippen molar-refractivity contribution in [2.75, 3.05) is 6.61 Å². The van der Waals surface area contributed by atoms with Crippen molar-refractivity contribution in [1.29, 1.82) is 0 Å². The highest BCUT2D eigenvalue weighted by atomic mass is 16.5. The number of rotatable bonds is 4. The van der Waals surface area contributed by atoms with Crippen LogP contribution in [0, 0.1) is 6.92 Å². The lowest BCUT2D eigenvalue weighted by atomic mass is 10.3. The van der Waals surface area contributed by atoms with E-state index in [0.717, 1.165) is 5.69 Å². The van der Waals surface area contributed by atoms with Crippen molar-refractivity contribution in [2.24, 2.45) is 0 Å². The lowest BCUT2D eigenvalue weighted by Crippen LogP contribution is -2.09. The molecule has 3 rings (SSSR count). The van der Waals surface area contributed by atoms with Gasteiger partial charge in [-0.2, -0.15) is 4.98 Å². The summed E-state index contributed by atoms with van der Waals surface area (Å²) in [6.45, 7) is 4.12. The van der Waals surface area contributed by atoms with Crippen molar-refractivity contribution in [3.63, 3.8) is 0 Å². The Morgan fingerprint density at radius 1 is 1.27 bits per heavy atom. The number of hydrogen-bond donors (Lipinski definition) is 1. The molecule has 3 aromatic heterocycles. The molecule has 0 atom stereocenters. The third-order valence-electron chi connectivity index (χ3n) is 3.09. The topological polar surface area (TPSA) is 89.6 Å². The van der Waals surface area contributed by atoms with Crippen LogP contribution in [0.5, 0.6) is 5.88 Å². The number of aromatic carboxylic acids is 1. The first-order valence-electron chi connectivity index (χ1n) is 6.80. The molecule has 0 saturated heterocycles. The van der Waals surface area contributed by atoms with Gasteiger partial charge in [-0.25, -0.2) is 14.3 Å². The van der Waals surface area contributed by atoms with Gasteiger partial charge < -0.3 is 9.84 Å². The van der Waals surface area contributed by atoms with Gasteiger partial charge in [0, 0.05) is 5.69 Å². The zero-order valence-electron chi connectivity index (χ0n) is 12.1. The van der Waals surface area contributed by atoms with E-state index in [0.29, 0.717) is 29.5 Å². The van der Waals surface area contributed by atoms with Crippen LogP contribution in [0.2, 0.25) is 0 Å². The highest BCUT2D eigenvalue weighted by Gasteiger charge is 2.17. The molecule has 0 saturated carbocycles. The number of carbonyl (C=O) groups is 1. The van der Waals surface area contributed by atoms with E-state index in [4.69, 9.17) is 4.74 Å². The number of hydrogen-bond acceptors (Lipinski definition) is 5. The summed E-state index contributed by atoms with van der Waals surface area (Å²) < 4.78 is 6.83. The smallest absolute Gasteiger partial charge is 0.354 e. The number of pyridine rings is 1. The number of carboxylic acid groups (broad SMARTS) is 1. The summed E-state index contributed by atoms with van der Waals surface area (Å²) in [6.07, 6.45) is 0. The van der Waals surface area contributed by atoms with Crippen LogP contribution in [0.1, 0.15) is 23.1 Å². The van der Waals surface area contributed by atoms with Crippen LogP contribution in [0.15, 0.2) is 30.3 Å². The summed E-state index contributed by atoms with van der Waals surface area (Å²) in [5.41, 5.74) is 1.95. The van der Waals surface area contributed by atoms with E-state index < -0.39 is 5.97 Å². The maximum atomic E-state index is 11.3. The molecule has 22 heavy (non-hydrogen) atoms. The van der Waals surface area contributed by atoms with E-state index in [-0.39, 0.29) is 5.69 Å². The Bertz CT molecular complexity index is 857. The number of fused-ring (bicyclic) bond motifs is 1. The van der Waals surface area contributed by atoms with E-state index >= 15 is 0 Å². The molecule has 0 fully saturated rings. The molecule has 0 spiro atoms. The van der Waals surface area contributed by atoms with Gasteiger partial charge in [0.1, 0.15) is 11.2 Å². The van der Waals surface area contributed by atoms with Crippen molar-refractivity contribution in [1.82, 2.24) is 19.6 Å². The van der Waals surface area contributed by atoms with Crippen molar-refractivity contribution >= 4 is 11.5 Å². The highest BCUT2D eigenvalue weighted by molar-refractivity contribution is 5.88. The van der Waals surface area contributed by atoms with Crippen LogP contribution in [0.4, 0.5) is 0 Å². The zero-order valence-corrected chi connectivity index (χ0v) is 12.1. The molecule has 0 aliphatic heterocycles. The van der Waals surface area contributed by atoms with E-state index in [2.05, 4.69) is 15.1 Å². The highest BCUT2D eigenvalue weighted by Crippen LogP contribution is 2.23. The second-order valence-electron chi connectivity index (χ2n) is 4.66. The molecule has 0 radical (unpaired) electrons. The first-order chi connectivity index (χ1) is 10.6. The summed E-state index contributed by atoms with van der Waals surface area (Å²) >= 11 is 0. The van der Waals surface area contributed by atoms with Gasteiger partial charge in [0.05, 0.1) is 6.61 Å². The SMILES string of the molecule is CCOc1nc(-c2cccc(C)n2)nn2c(C(=O)O)ccc12. The molecule has 0 aliphatic rings. The van der Waals surface area contributed by atoms with Crippen LogP contribution < -0.4 is 4.74 Å². The van der Waals surface area contributed by atoms with Crippen molar-refractivity contribution < 1.29 is 14.6 Å². The third kappa shape index (κ3) is 2.37. The standard InChI is InChI=1S/C15H14N4O3/c1-3-22-14-11-7-8-12(15(20)21)19(11)18-13(17-14)10-6-4-5-9(2)16-10/h4-8H,3H2,1-2H3,(H,20,21). The molecular weight excluding hydrogens is 284 g/mol. The number of ether oxygens (including phenoxy) is 1. The molecular formula is C15H14N4O3. The van der Waals surface area contributed by atoms with E-state index in [1.807, 2.05) is 26.0 Å². The zero-order chi connectivity index (χ0) is 15.7. The molecule has 0 aliphatic carbocycles. The van der Waals surface area contributed by atoms with Crippen molar-refractivity contribution in [3.8, 4) is 17.4 Å². The van der Waals surface area contributed by atoms with Gasteiger partial charge in [0.2, 0.25) is 11.7 Å². The van der Waals surface area contributed by atoms with Gasteiger partial charge >= 0.3 is 5.97 Å². The molecule has 0 amide bonds. The van der Waals surface area contributed by atoms with Crippen LogP contribution >= 0.6 is 0 Å². The Kier molecular flexibility index (Phi) is 3.46. The molecule has 3 heterocycles. The Hall–Kier alpha value is -2.96. The van der Waals surface area contributed by atoms with Gasteiger partial charge in [-0.05, 0) is 38.1 Å². The van der Waals surface area contributed by atoms with E-state index in [1.54, 1.807) is 12.1 Å². The molecule has 7 nitrogen and oxygen atoms in total. The molecule has 0 unspecified atom stereocenters. The predicted molar refractivity (Wildman–Crippen MR) is 79.1 cm³/mol. The van der Waals surface area contributed by atoms with Gasteiger partial charge in [0.25, 0.3) is 0 Å². The summed E-state index contributed by atoms with van der Waals surface area (Å²) in [4.78, 5) is 20.0. The number of aryl methyl sites for hydroxylation is 1. The van der Waals surface area contributed by atoms with Gasteiger partial charge in [0.15, 0.2) is 5.69 Å². The summed E-state index contributed by atoms with van der Waals surface area (Å²) in [5, 5.41) is 13.6. The average molecular weight is 298 g/mol. The van der Waals surface area contributed by atoms with E-state index in [1.165, 1.54) is 10.6 Å². The Morgan fingerprint density at radius 2 is 2.09 bits per heavy atom. The second-order valence-corrected chi connectivity index (χ2v) is 4.66. The second kappa shape index (κ2) is 5.44. The molecule has 112 valence electrons. The summed E-state index contributed by atoms with van der Waals surface area (Å²) in [5.74, 6) is -0.411. The van der Waals surface area contributed by atoms with Crippen LogP contribution in [-0.4, -0.2) is 37.3 Å². The summed E-state index contributed by atoms with van der Waals surface area (Å²) in [7, 11) is 0. The fraction of sp³-hybridized carbons (Fsp3) is 0.200. The molecule has 7 heteroatoms. The normalized spacial score (nSPS) is 10.8. The first kappa shape index (κ1) is 14.0. The Morgan fingerprint density at radius 3 is 2.77 bits per heavy atom. The minimum Gasteiger partial charge on any atom is -0.477 e. The van der Waals surface area contributed by atoms with Crippen LogP contribution in [-0.2, 0) is 0 Å². The summed E-state index contributed by atoms with van der Waals surface area (Å²) in [6, 6.07) is 8.58. The number of carboxylic acids is 1. The number of nitrogens with zero attached hydrogens (tertiary/aromatic N) is 4. The number of aromatic nitrogens is 4. The fourth-order valence-corrected chi connectivity index (χ4v) is 2.15. The largest absolute Gasteiger partial charge is 0.477 e. The van der Waals surface area contributed by atoms with Crippen molar-refractivity contribution in [3.05, 3.63) is 41.7 Å². The average Bonchev–Trinajstić information content (AvgIpc) is 2.91. The monoisotopic (exact) mass is 298 g/mol. The lowest BCUT2D eigenvalue weighted by Gasteiger charge is -2.08. The van der Waals surface area contributed by atoms with E-state index in [9.17, 15) is 9.90 Å². The lowest BCUT2D eigenvalue weighted by molar-refractivity contribution is 0.0688. The van der Waals surface area contributed by atoms with Crippen LogP contribution in [0.3, 0.4) is 0 Å². The quantitative estimate of drug-likeness (QED) is 0.794. The minimum absolute atomic E-state index is 0.0484. The molecule has 0 bridgehead atoms. The molecule has 0 aromatic carbocycles. The molecule has 1 N–H and O–H groups in total. The maximum Gasteiger partial charge on any atom is 0.354 e. The van der Waals surface area contributed by atoms with Gasteiger partial charge in [-0.15, -0.1) is 5.10 Å². The fourth-order valence-electron chi connectivity index (χ4n) is 2.15. The van der Waals surface area contributed by atoms with Crippen molar-refractivity contribution in [2.45, 2.75) is 13.8 Å². The Balaban J connectivity index is 2.26. The predicted octanol–water partition coefficient (Wildman–Crippen LogP) is 2.20. The maximum absolute atomic E-state index is 11.3. The first-order valence-corrected chi connectivity index (χ1v) is 6.80. The minimum atomic E-state index is -1.07. The van der Waals surface area contributed by atoms with Crippen LogP contribution in [0.25, 0.3) is 17.0 Å². The van der Waals surface area contributed by atoms with Gasteiger partial charge in [-0.1, -0.05) is 6.07 Å². The van der Waals surface area contributed by atoms with Gasteiger partial charge in [-0.3, -0.25) is 0 Å².